The molecular formula is C11H8BrN5. The first kappa shape index (κ1) is 11.4. The Bertz CT molecular complexity index is 591. The number of halogens is 1. The van der Waals surface area contributed by atoms with E-state index in [1.165, 1.54) is 0 Å². The highest BCUT2D eigenvalue weighted by atomic mass is 79.9. The van der Waals surface area contributed by atoms with Crippen LogP contribution in [0.3, 0.4) is 0 Å². The molecule has 3 N–H and O–H groups in total. The second-order valence-electron chi connectivity index (χ2n) is 3.23. The molecule has 17 heavy (non-hydrogen) atoms. The molecule has 1 heterocycles. The van der Waals surface area contributed by atoms with Crippen LogP contribution in [-0.2, 0) is 0 Å². The van der Waals surface area contributed by atoms with Gasteiger partial charge in [0.15, 0.2) is 0 Å². The van der Waals surface area contributed by atoms with Crippen LogP contribution in [0.2, 0.25) is 0 Å². The minimum Gasteiger partial charge on any atom is -0.384 e. The van der Waals surface area contributed by atoms with E-state index in [0.717, 1.165) is 4.47 Å². The van der Waals surface area contributed by atoms with E-state index < -0.39 is 0 Å². The van der Waals surface area contributed by atoms with Gasteiger partial charge in [-0.2, -0.15) is 10.2 Å². The summed E-state index contributed by atoms with van der Waals surface area (Å²) in [7, 11) is 0. The van der Waals surface area contributed by atoms with Gasteiger partial charge in [0.25, 0.3) is 0 Å². The van der Waals surface area contributed by atoms with Gasteiger partial charge in [-0.1, -0.05) is 15.9 Å². The number of nitrogen functional groups attached to an aromatic ring is 1. The van der Waals surface area contributed by atoms with Crippen molar-refractivity contribution in [2.75, 3.05) is 11.1 Å². The molecule has 1 aromatic carbocycles. The van der Waals surface area contributed by atoms with Crippen LogP contribution in [0.1, 0.15) is 5.56 Å². The minimum absolute atomic E-state index is 0.365. The Morgan fingerprint density at radius 3 is 2.88 bits per heavy atom. The minimum atomic E-state index is 0.365. The summed E-state index contributed by atoms with van der Waals surface area (Å²) in [5.41, 5.74) is 6.69. The molecule has 0 aliphatic carbocycles. The lowest BCUT2D eigenvalue weighted by molar-refractivity contribution is 1.17. The second kappa shape index (κ2) is 4.80. The van der Waals surface area contributed by atoms with E-state index in [9.17, 15) is 0 Å². The van der Waals surface area contributed by atoms with Gasteiger partial charge in [-0.15, -0.1) is 0 Å². The molecule has 0 bridgehead atoms. The summed E-state index contributed by atoms with van der Waals surface area (Å²) in [6.07, 6.45) is 1.55. The quantitative estimate of drug-likeness (QED) is 0.887. The zero-order valence-electron chi connectivity index (χ0n) is 8.68. The number of rotatable bonds is 2. The fourth-order valence-corrected chi connectivity index (χ4v) is 1.63. The van der Waals surface area contributed by atoms with Crippen molar-refractivity contribution < 1.29 is 0 Å². The van der Waals surface area contributed by atoms with E-state index in [4.69, 9.17) is 11.0 Å². The van der Waals surface area contributed by atoms with Gasteiger partial charge < -0.3 is 11.1 Å². The SMILES string of the molecule is N#Cc1cc(Br)ccc1Nc1nccc(N)n1. The Morgan fingerprint density at radius 2 is 2.18 bits per heavy atom. The predicted molar refractivity (Wildman–Crippen MR) is 68.6 cm³/mol. The average molecular weight is 290 g/mol. The summed E-state index contributed by atoms with van der Waals surface area (Å²) in [5.74, 6) is 0.738. The van der Waals surface area contributed by atoms with E-state index in [0.29, 0.717) is 23.0 Å². The van der Waals surface area contributed by atoms with Crippen LogP contribution in [0, 0.1) is 11.3 Å². The zero-order valence-corrected chi connectivity index (χ0v) is 10.3. The molecule has 2 aromatic rings. The second-order valence-corrected chi connectivity index (χ2v) is 4.15. The van der Waals surface area contributed by atoms with Crippen molar-refractivity contribution in [1.29, 1.82) is 5.26 Å². The molecule has 0 fully saturated rings. The van der Waals surface area contributed by atoms with Gasteiger partial charge >= 0.3 is 0 Å². The number of anilines is 3. The van der Waals surface area contributed by atoms with Crippen molar-refractivity contribution in [3.8, 4) is 6.07 Å². The lowest BCUT2D eigenvalue weighted by Crippen LogP contribution is -2.00. The molecule has 0 aliphatic heterocycles. The Kier molecular flexibility index (Phi) is 3.21. The summed E-state index contributed by atoms with van der Waals surface area (Å²) in [6, 6.07) is 9.01. The van der Waals surface area contributed by atoms with Crippen LogP contribution >= 0.6 is 15.9 Å². The number of hydrogen-bond acceptors (Lipinski definition) is 5. The smallest absolute Gasteiger partial charge is 0.229 e. The summed E-state index contributed by atoms with van der Waals surface area (Å²) in [5, 5.41) is 11.9. The van der Waals surface area contributed by atoms with Crippen LogP contribution in [-0.4, -0.2) is 9.97 Å². The summed E-state index contributed by atoms with van der Waals surface area (Å²) >= 11 is 3.30. The van der Waals surface area contributed by atoms with Gasteiger partial charge in [-0.3, -0.25) is 0 Å². The first-order valence-corrected chi connectivity index (χ1v) is 5.53. The van der Waals surface area contributed by atoms with Gasteiger partial charge in [-0.05, 0) is 24.3 Å². The van der Waals surface area contributed by atoms with Crippen LogP contribution in [0.4, 0.5) is 17.5 Å². The summed E-state index contributed by atoms with van der Waals surface area (Å²) in [4.78, 5) is 8.01. The first-order valence-electron chi connectivity index (χ1n) is 4.74. The Balaban J connectivity index is 2.34. The number of nitrogens with one attached hydrogen (secondary N) is 1. The molecule has 0 atom stereocenters. The fraction of sp³-hybridized carbons (Fsp3) is 0. The third-order valence-electron chi connectivity index (χ3n) is 2.03. The number of nitriles is 1. The molecule has 5 nitrogen and oxygen atoms in total. The van der Waals surface area contributed by atoms with E-state index in [1.807, 2.05) is 6.07 Å². The van der Waals surface area contributed by atoms with Gasteiger partial charge in [-0.25, -0.2) is 4.98 Å². The summed E-state index contributed by atoms with van der Waals surface area (Å²) in [6.45, 7) is 0. The van der Waals surface area contributed by atoms with Crippen molar-refractivity contribution in [3.63, 3.8) is 0 Å². The molecule has 0 saturated heterocycles. The normalized spacial score (nSPS) is 9.65. The van der Waals surface area contributed by atoms with Gasteiger partial charge in [0.1, 0.15) is 11.9 Å². The van der Waals surface area contributed by atoms with Gasteiger partial charge in [0.05, 0.1) is 11.3 Å². The van der Waals surface area contributed by atoms with E-state index in [-0.39, 0.29) is 0 Å². The molecule has 0 radical (unpaired) electrons. The monoisotopic (exact) mass is 289 g/mol. The molecule has 2 rings (SSSR count). The largest absolute Gasteiger partial charge is 0.384 e. The molecular weight excluding hydrogens is 282 g/mol. The molecule has 0 spiro atoms. The third kappa shape index (κ3) is 2.71. The molecule has 6 heteroatoms. The number of aromatic nitrogens is 2. The van der Waals surface area contributed by atoms with Gasteiger partial charge in [0, 0.05) is 10.7 Å². The van der Waals surface area contributed by atoms with Crippen molar-refractivity contribution in [3.05, 3.63) is 40.5 Å². The third-order valence-corrected chi connectivity index (χ3v) is 2.52. The number of benzene rings is 1. The first-order chi connectivity index (χ1) is 8.19. The Labute approximate surface area is 106 Å². The van der Waals surface area contributed by atoms with Crippen molar-refractivity contribution in [2.45, 2.75) is 0 Å². The standard InChI is InChI=1S/C11H8BrN5/c12-8-1-2-9(7(5-8)6-13)16-11-15-4-3-10(14)17-11/h1-5H,(H3,14,15,16,17). The number of hydrogen-bond donors (Lipinski definition) is 2. The van der Waals surface area contributed by atoms with Crippen LogP contribution in [0.25, 0.3) is 0 Å². The average Bonchev–Trinajstić information content (AvgIpc) is 2.31. The Hall–Kier alpha value is -2.13. The maximum Gasteiger partial charge on any atom is 0.229 e. The maximum atomic E-state index is 9.00. The van der Waals surface area contributed by atoms with Crippen LogP contribution in [0.5, 0.6) is 0 Å². The molecule has 0 amide bonds. The maximum absolute atomic E-state index is 9.00. The van der Waals surface area contributed by atoms with Crippen LogP contribution < -0.4 is 11.1 Å². The highest BCUT2D eigenvalue weighted by Gasteiger charge is 2.04. The number of nitrogens with two attached hydrogens (primary N) is 1. The summed E-state index contributed by atoms with van der Waals surface area (Å²) < 4.78 is 0.841. The lowest BCUT2D eigenvalue weighted by Gasteiger charge is -2.06. The molecule has 84 valence electrons. The van der Waals surface area contributed by atoms with E-state index in [2.05, 4.69) is 37.3 Å². The van der Waals surface area contributed by atoms with Crippen molar-refractivity contribution in [1.82, 2.24) is 9.97 Å². The van der Waals surface area contributed by atoms with E-state index in [1.54, 1.807) is 24.4 Å². The fourth-order valence-electron chi connectivity index (χ4n) is 1.27. The molecule has 0 saturated carbocycles. The van der Waals surface area contributed by atoms with E-state index >= 15 is 0 Å². The molecule has 0 aliphatic rings. The van der Waals surface area contributed by atoms with Crippen LogP contribution in [0.15, 0.2) is 34.9 Å². The Morgan fingerprint density at radius 1 is 1.35 bits per heavy atom. The van der Waals surface area contributed by atoms with Gasteiger partial charge in [0.2, 0.25) is 5.95 Å². The number of nitrogens with zero attached hydrogens (tertiary/aromatic N) is 3. The highest BCUT2D eigenvalue weighted by Crippen LogP contribution is 2.22. The highest BCUT2D eigenvalue weighted by molar-refractivity contribution is 9.10. The van der Waals surface area contributed by atoms with Crippen molar-refractivity contribution in [2.24, 2.45) is 0 Å². The lowest BCUT2D eigenvalue weighted by atomic mass is 10.2. The predicted octanol–water partition coefficient (Wildman–Crippen LogP) is 2.44. The molecule has 1 aromatic heterocycles. The van der Waals surface area contributed by atoms with Crippen molar-refractivity contribution >= 4 is 33.4 Å². The zero-order chi connectivity index (χ0) is 12.3. The topological polar surface area (TPSA) is 87.6 Å². The molecule has 0 unspecified atom stereocenters.